The van der Waals surface area contributed by atoms with E-state index < -0.39 is 6.17 Å². The van der Waals surface area contributed by atoms with E-state index in [9.17, 15) is 9.59 Å². The molecule has 5 nitrogen and oxygen atoms in total. The lowest BCUT2D eigenvalue weighted by Gasteiger charge is -2.21. The summed E-state index contributed by atoms with van der Waals surface area (Å²) in [5.74, 6) is 0.633. The van der Waals surface area contributed by atoms with Crippen LogP contribution in [0.3, 0.4) is 0 Å². The highest BCUT2D eigenvalue weighted by Crippen LogP contribution is 2.17. The Morgan fingerprint density at radius 1 is 0.957 bits per heavy atom. The number of carbonyl (C=O) groups is 2. The maximum atomic E-state index is 12.0. The third-order valence-corrected chi connectivity index (χ3v) is 3.57. The first-order valence-corrected chi connectivity index (χ1v) is 8.33. The summed E-state index contributed by atoms with van der Waals surface area (Å²) in [7, 11) is 1.60. The number of nitrogens with one attached hydrogen (secondary N) is 2. The van der Waals surface area contributed by atoms with Crippen LogP contribution < -0.4 is 15.4 Å². The van der Waals surface area contributed by atoms with Gasteiger partial charge in [0.05, 0.1) is 7.11 Å². The van der Waals surface area contributed by atoms with Crippen LogP contribution in [0.4, 0.5) is 0 Å². The van der Waals surface area contributed by atoms with Gasteiger partial charge in [0, 0.05) is 12.8 Å². The lowest BCUT2D eigenvalue weighted by atomic mass is 10.1. The number of rotatable bonds is 10. The van der Waals surface area contributed by atoms with Crippen molar-refractivity contribution < 1.29 is 14.3 Å². The highest BCUT2D eigenvalue weighted by Gasteiger charge is 2.16. The SMILES string of the molecule is CCCCC(=O)NC(NC(=O)CCCC)c1ccc(OC)cc1. The second kappa shape index (κ2) is 10.6. The van der Waals surface area contributed by atoms with E-state index in [2.05, 4.69) is 10.6 Å². The van der Waals surface area contributed by atoms with Gasteiger partial charge in [0.15, 0.2) is 0 Å². The Kier molecular flexibility index (Phi) is 8.80. The van der Waals surface area contributed by atoms with Crippen molar-refractivity contribution in [2.45, 2.75) is 58.5 Å². The average molecular weight is 320 g/mol. The van der Waals surface area contributed by atoms with E-state index in [1.54, 1.807) is 7.11 Å². The number of methoxy groups -OCH3 is 1. The molecule has 0 spiro atoms. The molecule has 0 saturated heterocycles. The van der Waals surface area contributed by atoms with Gasteiger partial charge in [-0.15, -0.1) is 0 Å². The topological polar surface area (TPSA) is 67.4 Å². The second-order valence-corrected chi connectivity index (χ2v) is 5.55. The Hall–Kier alpha value is -2.04. The maximum absolute atomic E-state index is 12.0. The molecule has 0 saturated carbocycles. The average Bonchev–Trinajstić information content (AvgIpc) is 2.57. The van der Waals surface area contributed by atoms with Gasteiger partial charge in [-0.1, -0.05) is 38.8 Å². The zero-order valence-corrected chi connectivity index (χ0v) is 14.4. The van der Waals surface area contributed by atoms with Gasteiger partial charge in [0.2, 0.25) is 11.8 Å². The minimum Gasteiger partial charge on any atom is -0.497 e. The van der Waals surface area contributed by atoms with E-state index in [0.29, 0.717) is 12.8 Å². The van der Waals surface area contributed by atoms with Crippen molar-refractivity contribution in [1.29, 1.82) is 0 Å². The van der Waals surface area contributed by atoms with E-state index in [1.807, 2.05) is 38.1 Å². The molecule has 2 N–H and O–H groups in total. The standard InChI is InChI=1S/C18H28N2O3/c1-4-6-8-16(21)19-18(20-17(22)9-7-5-2)14-10-12-15(23-3)13-11-14/h10-13,18H,4-9H2,1-3H3,(H,19,21)(H,20,22). The molecule has 23 heavy (non-hydrogen) atoms. The van der Waals surface area contributed by atoms with Crippen molar-refractivity contribution in [3.05, 3.63) is 29.8 Å². The van der Waals surface area contributed by atoms with E-state index in [1.165, 1.54) is 0 Å². The van der Waals surface area contributed by atoms with E-state index >= 15 is 0 Å². The van der Waals surface area contributed by atoms with E-state index in [-0.39, 0.29) is 11.8 Å². The zero-order valence-electron chi connectivity index (χ0n) is 14.4. The molecule has 0 fully saturated rings. The van der Waals surface area contributed by atoms with Crippen LogP contribution >= 0.6 is 0 Å². The van der Waals surface area contributed by atoms with Crippen LogP contribution in [0.15, 0.2) is 24.3 Å². The van der Waals surface area contributed by atoms with Gasteiger partial charge >= 0.3 is 0 Å². The maximum Gasteiger partial charge on any atom is 0.221 e. The molecule has 0 aliphatic carbocycles. The van der Waals surface area contributed by atoms with Gasteiger partial charge in [0.1, 0.15) is 11.9 Å². The Morgan fingerprint density at radius 2 is 1.43 bits per heavy atom. The Morgan fingerprint density at radius 3 is 1.83 bits per heavy atom. The first kappa shape index (κ1) is 19.0. The smallest absolute Gasteiger partial charge is 0.221 e. The Bertz CT molecular complexity index is 464. The van der Waals surface area contributed by atoms with Crippen LogP contribution in [0.5, 0.6) is 5.75 Å². The predicted octanol–water partition coefficient (Wildman–Crippen LogP) is 3.31. The molecule has 1 aromatic carbocycles. The summed E-state index contributed by atoms with van der Waals surface area (Å²) < 4.78 is 5.14. The van der Waals surface area contributed by atoms with Gasteiger partial charge in [-0.05, 0) is 30.5 Å². The van der Waals surface area contributed by atoms with Crippen molar-refractivity contribution in [1.82, 2.24) is 10.6 Å². The summed E-state index contributed by atoms with van der Waals surface area (Å²) in [4.78, 5) is 24.0. The Balaban J connectivity index is 2.77. The molecule has 2 amide bonds. The van der Waals surface area contributed by atoms with Gasteiger partial charge in [-0.25, -0.2) is 0 Å². The summed E-state index contributed by atoms with van der Waals surface area (Å²) in [6.07, 6.45) is 4.03. The van der Waals surface area contributed by atoms with Crippen LogP contribution in [0, 0.1) is 0 Å². The molecule has 0 aliphatic rings. The van der Waals surface area contributed by atoms with Crippen LogP contribution in [0.25, 0.3) is 0 Å². The van der Waals surface area contributed by atoms with Gasteiger partial charge in [-0.2, -0.15) is 0 Å². The minimum atomic E-state index is -0.505. The van der Waals surface area contributed by atoms with Crippen molar-refractivity contribution in [2.24, 2.45) is 0 Å². The third kappa shape index (κ3) is 7.17. The molecule has 0 aliphatic heterocycles. The number of hydrogen-bond donors (Lipinski definition) is 2. The van der Waals surface area contributed by atoms with Crippen molar-refractivity contribution >= 4 is 11.8 Å². The molecule has 5 heteroatoms. The summed E-state index contributed by atoms with van der Waals surface area (Å²) in [6.45, 7) is 4.08. The quantitative estimate of drug-likeness (QED) is 0.650. The fourth-order valence-electron chi connectivity index (χ4n) is 2.14. The van der Waals surface area contributed by atoms with Crippen LogP contribution in [0.1, 0.15) is 64.1 Å². The number of carbonyl (C=O) groups excluding carboxylic acids is 2. The predicted molar refractivity (Wildman–Crippen MR) is 91.1 cm³/mol. The first-order chi connectivity index (χ1) is 11.1. The summed E-state index contributed by atoms with van der Waals surface area (Å²) in [6, 6.07) is 7.34. The summed E-state index contributed by atoms with van der Waals surface area (Å²) in [5, 5.41) is 5.80. The molecule has 0 radical (unpaired) electrons. The number of benzene rings is 1. The van der Waals surface area contributed by atoms with Crippen LogP contribution in [0.2, 0.25) is 0 Å². The number of hydrogen-bond acceptors (Lipinski definition) is 3. The van der Waals surface area contributed by atoms with E-state index in [0.717, 1.165) is 37.0 Å². The highest BCUT2D eigenvalue weighted by molar-refractivity contribution is 5.79. The number of amides is 2. The number of ether oxygens (including phenoxy) is 1. The van der Waals surface area contributed by atoms with Gasteiger partial charge in [0.25, 0.3) is 0 Å². The summed E-state index contributed by atoms with van der Waals surface area (Å²) >= 11 is 0. The van der Waals surface area contributed by atoms with Crippen LogP contribution in [-0.2, 0) is 9.59 Å². The van der Waals surface area contributed by atoms with Crippen molar-refractivity contribution in [3.8, 4) is 5.75 Å². The third-order valence-electron chi connectivity index (χ3n) is 3.57. The van der Waals surface area contributed by atoms with Gasteiger partial charge < -0.3 is 15.4 Å². The molecule has 0 heterocycles. The van der Waals surface area contributed by atoms with Crippen molar-refractivity contribution in [3.63, 3.8) is 0 Å². The van der Waals surface area contributed by atoms with E-state index in [4.69, 9.17) is 4.74 Å². The first-order valence-electron chi connectivity index (χ1n) is 8.33. The molecule has 0 atom stereocenters. The minimum absolute atomic E-state index is 0.0524. The lowest BCUT2D eigenvalue weighted by Crippen LogP contribution is -2.41. The Labute approximate surface area is 138 Å². The largest absolute Gasteiger partial charge is 0.497 e. The molecule has 0 bridgehead atoms. The number of unbranched alkanes of at least 4 members (excludes halogenated alkanes) is 2. The monoisotopic (exact) mass is 320 g/mol. The van der Waals surface area contributed by atoms with Gasteiger partial charge in [-0.3, -0.25) is 9.59 Å². The molecule has 0 aromatic heterocycles. The molecule has 1 rings (SSSR count). The highest BCUT2D eigenvalue weighted by atomic mass is 16.5. The zero-order chi connectivity index (χ0) is 17.1. The fraction of sp³-hybridized carbons (Fsp3) is 0.556. The fourth-order valence-corrected chi connectivity index (χ4v) is 2.14. The molecular weight excluding hydrogens is 292 g/mol. The molecular formula is C18H28N2O3. The normalized spacial score (nSPS) is 10.4. The lowest BCUT2D eigenvalue weighted by molar-refractivity contribution is -0.124. The molecule has 128 valence electrons. The van der Waals surface area contributed by atoms with Crippen molar-refractivity contribution in [2.75, 3.05) is 7.11 Å². The molecule has 1 aromatic rings. The van der Waals surface area contributed by atoms with Crippen LogP contribution in [-0.4, -0.2) is 18.9 Å². The second-order valence-electron chi connectivity index (χ2n) is 5.55. The molecule has 0 unspecified atom stereocenters. The summed E-state index contributed by atoms with van der Waals surface area (Å²) in [5.41, 5.74) is 0.834.